The third kappa shape index (κ3) is 2.87. The molecule has 2 heterocycles. The molecule has 0 N–H and O–H groups in total. The minimum absolute atomic E-state index is 0.0476. The van der Waals surface area contributed by atoms with Gasteiger partial charge < -0.3 is 9.80 Å². The second-order valence-electron chi connectivity index (χ2n) is 7.69. The van der Waals surface area contributed by atoms with Gasteiger partial charge in [0.1, 0.15) is 0 Å². The van der Waals surface area contributed by atoms with Crippen LogP contribution in [0.3, 0.4) is 0 Å². The van der Waals surface area contributed by atoms with Gasteiger partial charge in [-0.25, -0.2) is 8.42 Å². The third-order valence-electron chi connectivity index (χ3n) is 5.89. The summed E-state index contributed by atoms with van der Waals surface area (Å²) >= 11 is 0. The molecule has 8 heteroatoms. The molecule has 0 radical (unpaired) electrons. The lowest BCUT2D eigenvalue weighted by Gasteiger charge is -2.24. The second kappa shape index (κ2) is 7.13. The molecule has 0 bridgehead atoms. The standard InChI is InChI=1S/C24H18N2O5S/c1-25-18-7-3-4-8-19(18)26(13-12-22(25)27)24(29)15-10-11-17-21(14-15)32(30,31)20-9-5-2-6-16(20)23(17)28/h2-11,14H,12-13H2,1H3. The summed E-state index contributed by atoms with van der Waals surface area (Å²) in [6.45, 7) is 0.157. The Morgan fingerprint density at radius 3 is 2.28 bits per heavy atom. The van der Waals surface area contributed by atoms with E-state index in [1.807, 2.05) is 0 Å². The molecule has 0 aromatic heterocycles. The number of para-hydroxylation sites is 2. The lowest BCUT2D eigenvalue weighted by atomic mass is 10.0. The molecule has 0 fully saturated rings. The molecule has 2 amide bonds. The van der Waals surface area contributed by atoms with Gasteiger partial charge in [0.15, 0.2) is 5.78 Å². The molecule has 3 aromatic rings. The monoisotopic (exact) mass is 446 g/mol. The van der Waals surface area contributed by atoms with Gasteiger partial charge in [-0.3, -0.25) is 14.4 Å². The minimum Gasteiger partial charge on any atom is -0.313 e. The Bertz CT molecular complexity index is 1430. The van der Waals surface area contributed by atoms with Gasteiger partial charge in [-0.1, -0.05) is 24.3 Å². The predicted octanol–water partition coefficient (Wildman–Crippen LogP) is 3.08. The van der Waals surface area contributed by atoms with Crippen LogP contribution in [0.5, 0.6) is 0 Å². The first-order valence-electron chi connectivity index (χ1n) is 10.0. The summed E-state index contributed by atoms with van der Waals surface area (Å²) in [6, 6.07) is 17.2. The summed E-state index contributed by atoms with van der Waals surface area (Å²) in [5.41, 5.74) is 1.46. The number of anilines is 2. The van der Waals surface area contributed by atoms with Gasteiger partial charge in [-0.05, 0) is 42.5 Å². The van der Waals surface area contributed by atoms with E-state index in [-0.39, 0.29) is 45.4 Å². The number of benzene rings is 3. The first kappa shape index (κ1) is 20.1. The van der Waals surface area contributed by atoms with Crippen LogP contribution in [0.1, 0.15) is 32.7 Å². The van der Waals surface area contributed by atoms with Crippen molar-refractivity contribution in [3.05, 3.63) is 83.4 Å². The highest BCUT2D eigenvalue weighted by molar-refractivity contribution is 7.91. The summed E-state index contributed by atoms with van der Waals surface area (Å²) in [6.07, 6.45) is 0.131. The molecular formula is C24H18N2O5S. The highest BCUT2D eigenvalue weighted by Gasteiger charge is 2.36. The molecule has 0 unspecified atom stereocenters. The van der Waals surface area contributed by atoms with E-state index >= 15 is 0 Å². The topological polar surface area (TPSA) is 91.8 Å². The molecule has 0 atom stereocenters. The van der Waals surface area contributed by atoms with Gasteiger partial charge in [0.25, 0.3) is 5.91 Å². The molecule has 0 spiro atoms. The Labute approximate surface area is 184 Å². The van der Waals surface area contributed by atoms with Gasteiger partial charge in [-0.2, -0.15) is 0 Å². The summed E-state index contributed by atoms with van der Waals surface area (Å²) in [7, 11) is -2.30. The van der Waals surface area contributed by atoms with E-state index in [1.54, 1.807) is 43.4 Å². The van der Waals surface area contributed by atoms with Gasteiger partial charge in [0.2, 0.25) is 15.7 Å². The van der Waals surface area contributed by atoms with E-state index < -0.39 is 21.5 Å². The van der Waals surface area contributed by atoms with Crippen molar-refractivity contribution in [1.82, 2.24) is 0 Å². The molecule has 32 heavy (non-hydrogen) atoms. The van der Waals surface area contributed by atoms with Crippen LogP contribution < -0.4 is 9.80 Å². The molecule has 2 aliphatic rings. The Hall–Kier alpha value is -3.78. The molecule has 2 aliphatic heterocycles. The first-order chi connectivity index (χ1) is 15.3. The van der Waals surface area contributed by atoms with Crippen LogP contribution in [0, 0.1) is 0 Å². The normalized spacial score (nSPS) is 16.7. The molecule has 0 saturated heterocycles. The zero-order valence-corrected chi connectivity index (χ0v) is 17.9. The maximum Gasteiger partial charge on any atom is 0.258 e. The highest BCUT2D eigenvalue weighted by atomic mass is 32.2. The van der Waals surface area contributed by atoms with Crippen LogP contribution in [0.25, 0.3) is 0 Å². The SMILES string of the molecule is CN1C(=O)CCN(C(=O)c2ccc3c(c2)S(=O)(=O)c2ccccc2C3=O)c2ccccc21. The maximum atomic E-state index is 13.5. The Morgan fingerprint density at radius 1 is 0.844 bits per heavy atom. The van der Waals surface area contributed by atoms with Crippen LogP contribution >= 0.6 is 0 Å². The van der Waals surface area contributed by atoms with Crippen molar-refractivity contribution >= 4 is 38.8 Å². The van der Waals surface area contributed by atoms with Crippen molar-refractivity contribution in [3.8, 4) is 0 Å². The quantitative estimate of drug-likeness (QED) is 0.448. The van der Waals surface area contributed by atoms with Crippen LogP contribution in [0.2, 0.25) is 0 Å². The van der Waals surface area contributed by atoms with E-state index in [0.29, 0.717) is 11.4 Å². The fourth-order valence-electron chi connectivity index (χ4n) is 4.19. The third-order valence-corrected chi connectivity index (χ3v) is 7.74. The Balaban J connectivity index is 1.62. The van der Waals surface area contributed by atoms with Crippen LogP contribution in [-0.4, -0.2) is 39.6 Å². The van der Waals surface area contributed by atoms with Crippen molar-refractivity contribution in [2.24, 2.45) is 0 Å². The number of nitrogens with zero attached hydrogens (tertiary/aromatic N) is 2. The molecular weight excluding hydrogens is 428 g/mol. The average molecular weight is 446 g/mol. The van der Waals surface area contributed by atoms with E-state index in [0.717, 1.165) is 0 Å². The molecule has 3 aromatic carbocycles. The number of amides is 2. The number of carbonyl (C=O) groups excluding carboxylic acids is 3. The smallest absolute Gasteiger partial charge is 0.258 e. The van der Waals surface area contributed by atoms with Crippen molar-refractivity contribution in [2.45, 2.75) is 16.2 Å². The number of rotatable bonds is 1. The average Bonchev–Trinajstić information content (AvgIpc) is 2.94. The van der Waals surface area contributed by atoms with Crippen LogP contribution in [0.15, 0.2) is 76.5 Å². The van der Waals surface area contributed by atoms with Gasteiger partial charge in [-0.15, -0.1) is 0 Å². The van der Waals surface area contributed by atoms with Crippen molar-refractivity contribution in [1.29, 1.82) is 0 Å². The van der Waals surface area contributed by atoms with Crippen molar-refractivity contribution in [2.75, 3.05) is 23.4 Å². The second-order valence-corrected chi connectivity index (χ2v) is 9.57. The van der Waals surface area contributed by atoms with Crippen molar-refractivity contribution in [3.63, 3.8) is 0 Å². The summed E-state index contributed by atoms with van der Waals surface area (Å²) < 4.78 is 26.4. The van der Waals surface area contributed by atoms with Gasteiger partial charge >= 0.3 is 0 Å². The number of hydrogen-bond donors (Lipinski definition) is 0. The van der Waals surface area contributed by atoms with E-state index in [4.69, 9.17) is 0 Å². The summed E-state index contributed by atoms with van der Waals surface area (Å²) in [5.74, 6) is -0.954. The largest absolute Gasteiger partial charge is 0.313 e. The van der Waals surface area contributed by atoms with Crippen molar-refractivity contribution < 1.29 is 22.8 Å². The Kier molecular flexibility index (Phi) is 4.49. The Morgan fingerprint density at radius 2 is 1.50 bits per heavy atom. The predicted molar refractivity (Wildman–Crippen MR) is 118 cm³/mol. The fraction of sp³-hybridized carbons (Fsp3) is 0.125. The number of carbonyl (C=O) groups is 3. The highest BCUT2D eigenvalue weighted by Crippen LogP contribution is 2.36. The molecule has 7 nitrogen and oxygen atoms in total. The minimum atomic E-state index is -3.96. The van der Waals surface area contributed by atoms with E-state index in [1.165, 1.54) is 40.1 Å². The lowest BCUT2D eigenvalue weighted by Crippen LogP contribution is -2.32. The van der Waals surface area contributed by atoms with E-state index in [9.17, 15) is 22.8 Å². The van der Waals surface area contributed by atoms with Crippen LogP contribution in [0.4, 0.5) is 11.4 Å². The van der Waals surface area contributed by atoms with Gasteiger partial charge in [0, 0.05) is 36.7 Å². The first-order valence-corrected chi connectivity index (χ1v) is 11.5. The molecule has 160 valence electrons. The van der Waals surface area contributed by atoms with E-state index in [2.05, 4.69) is 0 Å². The lowest BCUT2D eigenvalue weighted by molar-refractivity contribution is -0.118. The zero-order chi connectivity index (χ0) is 22.6. The molecule has 0 saturated carbocycles. The summed E-state index contributed by atoms with van der Waals surface area (Å²) in [5, 5.41) is 0. The number of hydrogen-bond acceptors (Lipinski definition) is 5. The number of fused-ring (bicyclic) bond motifs is 3. The number of ketones is 1. The van der Waals surface area contributed by atoms with Gasteiger partial charge in [0.05, 0.1) is 21.2 Å². The zero-order valence-electron chi connectivity index (χ0n) is 17.1. The summed E-state index contributed by atoms with van der Waals surface area (Å²) in [4.78, 5) is 41.5. The molecule has 5 rings (SSSR count). The number of sulfone groups is 1. The fourth-order valence-corrected chi connectivity index (χ4v) is 5.87. The maximum absolute atomic E-state index is 13.5. The molecule has 0 aliphatic carbocycles. The van der Waals surface area contributed by atoms with Crippen LogP contribution in [-0.2, 0) is 14.6 Å².